The van der Waals surface area contributed by atoms with Crippen molar-refractivity contribution in [2.24, 2.45) is 5.92 Å². The molecule has 2 N–H and O–H groups in total. The molecule has 0 aliphatic carbocycles. The first-order valence-corrected chi connectivity index (χ1v) is 13.6. The number of esters is 1. The van der Waals surface area contributed by atoms with E-state index in [1.165, 1.54) is 11.6 Å². The Morgan fingerprint density at radius 2 is 2.00 bits per heavy atom. The number of ether oxygens (including phenoxy) is 4. The van der Waals surface area contributed by atoms with Crippen molar-refractivity contribution in [3.63, 3.8) is 0 Å². The van der Waals surface area contributed by atoms with Crippen LogP contribution in [0.4, 0.5) is 0 Å². The van der Waals surface area contributed by atoms with E-state index in [1.54, 1.807) is 18.2 Å². The lowest BCUT2D eigenvalue weighted by atomic mass is 9.91. The van der Waals surface area contributed by atoms with Gasteiger partial charge in [-0.05, 0) is 51.4 Å². The first-order chi connectivity index (χ1) is 17.8. The number of carbonyl (C=O) groups excluding carboxylic acids is 1. The molecule has 37 heavy (non-hydrogen) atoms. The Morgan fingerprint density at radius 3 is 2.81 bits per heavy atom. The van der Waals surface area contributed by atoms with Crippen LogP contribution in [0.2, 0.25) is 0 Å². The number of rotatable bonds is 3. The highest BCUT2D eigenvalue weighted by Gasteiger charge is 2.46. The Bertz CT molecular complexity index is 919. The van der Waals surface area contributed by atoms with Gasteiger partial charge in [0.1, 0.15) is 18.3 Å². The minimum Gasteiger partial charge on any atom is -0.456 e. The summed E-state index contributed by atoms with van der Waals surface area (Å²) in [4.78, 5) is 12.6. The van der Waals surface area contributed by atoms with Crippen LogP contribution >= 0.6 is 0 Å². The van der Waals surface area contributed by atoms with Crippen LogP contribution in [0.3, 0.4) is 0 Å². The van der Waals surface area contributed by atoms with E-state index in [2.05, 4.69) is 26.5 Å². The minimum atomic E-state index is -1.04. The Labute approximate surface area is 220 Å². The van der Waals surface area contributed by atoms with Crippen LogP contribution in [0.5, 0.6) is 0 Å². The molecule has 4 heterocycles. The molecule has 0 aromatic heterocycles. The minimum absolute atomic E-state index is 0.0872. The van der Waals surface area contributed by atoms with E-state index in [-0.39, 0.29) is 36.9 Å². The molecule has 2 bridgehead atoms. The number of aliphatic hydroxyl groups is 2. The lowest BCUT2D eigenvalue weighted by molar-refractivity contribution is -0.148. The number of carbonyl (C=O) groups is 1. The maximum atomic E-state index is 12.6. The molecule has 0 saturated carbocycles. The molecule has 7 heteroatoms. The average molecular weight is 515 g/mol. The predicted molar refractivity (Wildman–Crippen MR) is 141 cm³/mol. The van der Waals surface area contributed by atoms with Crippen molar-refractivity contribution in [2.75, 3.05) is 6.61 Å². The van der Waals surface area contributed by atoms with Crippen molar-refractivity contribution in [3.8, 4) is 0 Å². The Kier molecular flexibility index (Phi) is 9.96. The first-order valence-electron chi connectivity index (χ1n) is 13.6. The monoisotopic (exact) mass is 514 g/mol. The fourth-order valence-corrected chi connectivity index (χ4v) is 5.42. The van der Waals surface area contributed by atoms with E-state index >= 15 is 0 Å². The number of hydrogen-bond donors (Lipinski definition) is 2. The summed E-state index contributed by atoms with van der Waals surface area (Å²) < 4.78 is 23.3. The van der Waals surface area contributed by atoms with Crippen molar-refractivity contribution < 1.29 is 34.0 Å². The quantitative estimate of drug-likeness (QED) is 0.332. The molecule has 1 saturated heterocycles. The summed E-state index contributed by atoms with van der Waals surface area (Å²) >= 11 is 0. The van der Waals surface area contributed by atoms with Crippen LogP contribution in [-0.4, -0.2) is 71.6 Å². The maximum Gasteiger partial charge on any atom is 0.330 e. The molecule has 7 nitrogen and oxygen atoms in total. The summed E-state index contributed by atoms with van der Waals surface area (Å²) in [6.45, 7) is 9.07. The standard InChI is InChI=1S/C30H42O7/c1-19-12-13-34-23(15-19)10-11-25(31)27-18-28-30(37-28)26(32)17-21(3)14-20(2)16-24-8-4-6-22(35-24)7-5-9-29(33)36-27/h4-6,9-11,15,20,22-28,30-32H,3,7-8,12-14,16-18H2,1-2H3/b9-5-,11-10+/t20-,22-,23?,24-,25-,26-,27?,28-,30-/m0/s1. The normalized spacial score (nSPS) is 39.6. The molecule has 0 amide bonds. The molecule has 1 fully saturated rings. The van der Waals surface area contributed by atoms with Gasteiger partial charge in [-0.3, -0.25) is 0 Å². The molecule has 0 aromatic carbocycles. The van der Waals surface area contributed by atoms with E-state index in [0.29, 0.717) is 25.4 Å². The summed E-state index contributed by atoms with van der Waals surface area (Å²) in [6.07, 6.45) is 14.2. The first kappa shape index (κ1) is 28.0. The van der Waals surface area contributed by atoms with E-state index in [1.807, 2.05) is 12.2 Å². The van der Waals surface area contributed by atoms with Crippen LogP contribution in [0.1, 0.15) is 58.8 Å². The van der Waals surface area contributed by atoms with E-state index in [4.69, 9.17) is 18.9 Å². The molecule has 4 aliphatic rings. The second-order valence-corrected chi connectivity index (χ2v) is 11.0. The maximum absolute atomic E-state index is 12.6. The highest BCUT2D eigenvalue weighted by Crippen LogP contribution is 2.34. The van der Waals surface area contributed by atoms with Gasteiger partial charge in [0.2, 0.25) is 0 Å². The largest absolute Gasteiger partial charge is 0.456 e. The third-order valence-electron chi connectivity index (χ3n) is 7.41. The third-order valence-corrected chi connectivity index (χ3v) is 7.41. The number of fused-ring (bicyclic) bond motifs is 3. The molecular formula is C30H42O7. The molecule has 4 aliphatic heterocycles. The van der Waals surface area contributed by atoms with E-state index in [0.717, 1.165) is 31.3 Å². The zero-order valence-corrected chi connectivity index (χ0v) is 22.0. The van der Waals surface area contributed by atoms with Crippen LogP contribution in [0.15, 0.2) is 60.3 Å². The zero-order chi connectivity index (χ0) is 26.4. The van der Waals surface area contributed by atoms with Gasteiger partial charge in [-0.2, -0.15) is 0 Å². The van der Waals surface area contributed by atoms with E-state index in [9.17, 15) is 15.0 Å². The topological polar surface area (TPSA) is 97.8 Å². The smallest absolute Gasteiger partial charge is 0.330 e. The van der Waals surface area contributed by atoms with Crippen molar-refractivity contribution in [1.82, 2.24) is 0 Å². The van der Waals surface area contributed by atoms with Gasteiger partial charge in [0, 0.05) is 12.5 Å². The predicted octanol–water partition coefficient (Wildman–Crippen LogP) is 4.11. The molecule has 9 atom stereocenters. The van der Waals surface area contributed by atoms with Crippen molar-refractivity contribution >= 4 is 5.97 Å². The Balaban J connectivity index is 1.45. The van der Waals surface area contributed by atoms with Gasteiger partial charge in [0.05, 0.1) is 37.1 Å². The SMILES string of the molecule is C=C1C[C@H](C)C[C@@H]2CC=C[C@@H](C/C=C\C(=O)OC([C@@H](O)/C=C/C3C=C(C)CCO3)C[C@@H]3O[C@H]3[C@@H](O)C1)O2. The summed E-state index contributed by atoms with van der Waals surface area (Å²) in [5, 5.41) is 21.7. The van der Waals surface area contributed by atoms with Gasteiger partial charge in [0.25, 0.3) is 0 Å². The Morgan fingerprint density at radius 1 is 1.16 bits per heavy atom. The average Bonchev–Trinajstić information content (AvgIpc) is 3.61. The second kappa shape index (κ2) is 13.2. The van der Waals surface area contributed by atoms with Gasteiger partial charge in [-0.15, -0.1) is 0 Å². The van der Waals surface area contributed by atoms with Crippen molar-refractivity contribution in [3.05, 3.63) is 60.3 Å². The van der Waals surface area contributed by atoms with Crippen LogP contribution in [0.25, 0.3) is 0 Å². The van der Waals surface area contributed by atoms with Crippen molar-refractivity contribution in [2.45, 2.75) is 108 Å². The highest BCUT2D eigenvalue weighted by molar-refractivity contribution is 5.82. The number of hydrogen-bond acceptors (Lipinski definition) is 7. The number of cyclic esters (lactones) is 1. The third kappa shape index (κ3) is 8.76. The lowest BCUT2D eigenvalue weighted by Gasteiger charge is -2.28. The van der Waals surface area contributed by atoms with Crippen LogP contribution in [-0.2, 0) is 23.7 Å². The summed E-state index contributed by atoms with van der Waals surface area (Å²) in [7, 11) is 0. The van der Waals surface area contributed by atoms with Gasteiger partial charge in [0.15, 0.2) is 0 Å². The molecule has 2 unspecified atom stereocenters. The van der Waals surface area contributed by atoms with E-state index < -0.39 is 24.3 Å². The highest BCUT2D eigenvalue weighted by atomic mass is 16.6. The zero-order valence-electron chi connectivity index (χ0n) is 22.0. The van der Waals surface area contributed by atoms with Crippen molar-refractivity contribution in [1.29, 1.82) is 0 Å². The van der Waals surface area contributed by atoms with Gasteiger partial charge in [-0.25, -0.2) is 4.79 Å². The molecule has 4 rings (SSSR count). The van der Waals surface area contributed by atoms with Gasteiger partial charge in [-0.1, -0.05) is 61.1 Å². The fourth-order valence-electron chi connectivity index (χ4n) is 5.42. The number of aliphatic hydroxyl groups excluding tert-OH is 2. The second-order valence-electron chi connectivity index (χ2n) is 11.0. The summed E-state index contributed by atoms with van der Waals surface area (Å²) in [6, 6.07) is 0. The molecular weight excluding hydrogens is 472 g/mol. The molecule has 0 radical (unpaired) electrons. The van der Waals surface area contributed by atoms with Gasteiger partial charge < -0.3 is 29.2 Å². The van der Waals surface area contributed by atoms with Crippen LogP contribution in [0, 0.1) is 5.92 Å². The fraction of sp³-hybridized carbons (Fsp3) is 0.633. The molecule has 0 aromatic rings. The van der Waals surface area contributed by atoms with Crippen LogP contribution < -0.4 is 0 Å². The summed E-state index contributed by atoms with van der Waals surface area (Å²) in [5.74, 6) is -0.144. The molecule has 0 spiro atoms. The Hall–Kier alpha value is -2.03. The van der Waals surface area contributed by atoms with Gasteiger partial charge >= 0.3 is 5.97 Å². The number of epoxide rings is 1. The molecule has 204 valence electrons. The summed E-state index contributed by atoms with van der Waals surface area (Å²) in [5.41, 5.74) is 2.23. The lowest BCUT2D eigenvalue weighted by Crippen LogP contribution is -2.32.